The predicted molar refractivity (Wildman–Crippen MR) is 45.2 cm³/mol. The van der Waals surface area contributed by atoms with Crippen molar-refractivity contribution in [3.63, 3.8) is 0 Å². The third-order valence-electron chi connectivity index (χ3n) is 3.39. The van der Waals surface area contributed by atoms with E-state index in [0.717, 1.165) is 19.3 Å². The number of rotatable bonds is 1. The maximum absolute atomic E-state index is 9.72. The first-order chi connectivity index (χ1) is 5.12. The molecule has 2 saturated carbocycles. The highest BCUT2D eigenvalue weighted by Gasteiger charge is 2.55. The van der Waals surface area contributed by atoms with Gasteiger partial charge in [0.15, 0.2) is 0 Å². The molecule has 2 aliphatic rings. The Kier molecular flexibility index (Phi) is 1.40. The third-order valence-corrected chi connectivity index (χ3v) is 3.39. The van der Waals surface area contributed by atoms with Crippen molar-refractivity contribution in [3.05, 3.63) is 12.2 Å². The molecule has 0 heterocycles. The number of aliphatic hydroxyl groups is 1. The summed E-state index contributed by atoms with van der Waals surface area (Å²) in [7, 11) is 0. The van der Waals surface area contributed by atoms with Crippen LogP contribution in [-0.4, -0.2) is 10.7 Å². The Morgan fingerprint density at radius 3 is 2.91 bits per heavy atom. The molecule has 0 saturated heterocycles. The maximum Gasteiger partial charge on any atom is 0.0681 e. The van der Waals surface area contributed by atoms with Crippen LogP contribution in [0, 0.1) is 11.8 Å². The summed E-state index contributed by atoms with van der Waals surface area (Å²) in [5, 5.41) is 9.72. The van der Waals surface area contributed by atoms with Crippen molar-refractivity contribution in [2.75, 3.05) is 0 Å². The van der Waals surface area contributed by atoms with Gasteiger partial charge in [-0.15, -0.1) is 0 Å². The quantitative estimate of drug-likeness (QED) is 0.570. The Morgan fingerprint density at radius 2 is 2.36 bits per heavy atom. The molecule has 2 fully saturated rings. The standard InChI is InChI=1S/C10H16O/c1-7(2)8-3-4-10(11)6-9(10)5-8/h8-9,11H,1,3-6H2,2H3/t8-,9+,10-/m1/s1. The van der Waals surface area contributed by atoms with Gasteiger partial charge in [0.2, 0.25) is 0 Å². The van der Waals surface area contributed by atoms with Crippen LogP contribution >= 0.6 is 0 Å². The largest absolute Gasteiger partial charge is 0.390 e. The van der Waals surface area contributed by atoms with E-state index in [0.29, 0.717) is 11.8 Å². The molecule has 0 radical (unpaired) electrons. The van der Waals surface area contributed by atoms with E-state index >= 15 is 0 Å². The molecule has 62 valence electrons. The van der Waals surface area contributed by atoms with Gasteiger partial charge in [0.1, 0.15) is 0 Å². The molecule has 0 aliphatic heterocycles. The van der Waals surface area contributed by atoms with Gasteiger partial charge in [-0.2, -0.15) is 0 Å². The number of hydrogen-bond acceptors (Lipinski definition) is 1. The first kappa shape index (κ1) is 7.35. The van der Waals surface area contributed by atoms with E-state index in [-0.39, 0.29) is 5.60 Å². The summed E-state index contributed by atoms with van der Waals surface area (Å²) >= 11 is 0. The summed E-state index contributed by atoms with van der Waals surface area (Å²) in [5.74, 6) is 1.31. The van der Waals surface area contributed by atoms with Gasteiger partial charge in [0.05, 0.1) is 5.60 Å². The summed E-state index contributed by atoms with van der Waals surface area (Å²) in [5.41, 5.74) is 1.07. The van der Waals surface area contributed by atoms with Crippen molar-refractivity contribution < 1.29 is 5.11 Å². The fourth-order valence-corrected chi connectivity index (χ4v) is 2.31. The van der Waals surface area contributed by atoms with E-state index in [4.69, 9.17) is 0 Å². The minimum atomic E-state index is -0.230. The van der Waals surface area contributed by atoms with E-state index in [2.05, 4.69) is 13.5 Å². The minimum absolute atomic E-state index is 0.230. The molecule has 0 bridgehead atoms. The first-order valence-electron chi connectivity index (χ1n) is 4.49. The van der Waals surface area contributed by atoms with E-state index in [1.807, 2.05) is 0 Å². The van der Waals surface area contributed by atoms with Gasteiger partial charge >= 0.3 is 0 Å². The Hall–Kier alpha value is -0.300. The molecule has 0 spiro atoms. The number of allylic oxidation sites excluding steroid dienone is 1. The second-order valence-corrected chi connectivity index (χ2v) is 4.32. The molecule has 0 amide bonds. The van der Waals surface area contributed by atoms with Crippen molar-refractivity contribution in [3.8, 4) is 0 Å². The van der Waals surface area contributed by atoms with Crippen LogP contribution in [0.4, 0.5) is 0 Å². The summed E-state index contributed by atoms with van der Waals surface area (Å²) in [6.07, 6.45) is 4.40. The lowest BCUT2D eigenvalue weighted by molar-refractivity contribution is 0.0903. The Balaban J connectivity index is 1.98. The van der Waals surface area contributed by atoms with Crippen LogP contribution < -0.4 is 0 Å². The molecule has 0 aromatic heterocycles. The summed E-state index contributed by atoms with van der Waals surface area (Å²) in [6.45, 7) is 6.08. The highest BCUT2D eigenvalue weighted by molar-refractivity contribution is 5.12. The van der Waals surface area contributed by atoms with Crippen LogP contribution in [0.2, 0.25) is 0 Å². The smallest absolute Gasteiger partial charge is 0.0681 e. The van der Waals surface area contributed by atoms with Gasteiger partial charge in [-0.25, -0.2) is 0 Å². The van der Waals surface area contributed by atoms with E-state index in [1.165, 1.54) is 12.0 Å². The molecular formula is C10H16O. The molecule has 1 heteroatoms. The lowest BCUT2D eigenvalue weighted by Gasteiger charge is -2.24. The SMILES string of the molecule is C=C(C)[C@@H]1CC[C@@]2(O)C[C@@H]2C1. The van der Waals surface area contributed by atoms with E-state index in [9.17, 15) is 5.11 Å². The number of hydrogen-bond donors (Lipinski definition) is 1. The number of fused-ring (bicyclic) bond motifs is 1. The molecule has 2 rings (SSSR count). The highest BCUT2D eigenvalue weighted by Crippen LogP contribution is 2.55. The summed E-state index contributed by atoms with van der Waals surface area (Å²) < 4.78 is 0. The van der Waals surface area contributed by atoms with Gasteiger partial charge < -0.3 is 5.11 Å². The zero-order chi connectivity index (χ0) is 8.06. The first-order valence-corrected chi connectivity index (χ1v) is 4.49. The third kappa shape index (κ3) is 1.12. The molecule has 0 aromatic rings. The predicted octanol–water partition coefficient (Wildman–Crippen LogP) is 2.11. The van der Waals surface area contributed by atoms with Crippen molar-refractivity contribution in [1.29, 1.82) is 0 Å². The molecule has 3 atom stereocenters. The van der Waals surface area contributed by atoms with Crippen molar-refractivity contribution in [2.45, 2.75) is 38.2 Å². The fraction of sp³-hybridized carbons (Fsp3) is 0.800. The summed E-state index contributed by atoms with van der Waals surface area (Å²) in [6, 6.07) is 0. The average Bonchev–Trinajstić information content (AvgIpc) is 2.58. The molecule has 0 unspecified atom stereocenters. The van der Waals surface area contributed by atoms with Crippen LogP contribution in [-0.2, 0) is 0 Å². The lowest BCUT2D eigenvalue weighted by atomic mass is 9.84. The Labute approximate surface area is 68.1 Å². The van der Waals surface area contributed by atoms with Gasteiger partial charge in [0.25, 0.3) is 0 Å². The van der Waals surface area contributed by atoms with E-state index < -0.39 is 0 Å². The molecule has 11 heavy (non-hydrogen) atoms. The molecule has 1 nitrogen and oxygen atoms in total. The van der Waals surface area contributed by atoms with Crippen LogP contribution in [0.3, 0.4) is 0 Å². The molecular weight excluding hydrogens is 136 g/mol. The second-order valence-electron chi connectivity index (χ2n) is 4.32. The Morgan fingerprint density at radius 1 is 1.64 bits per heavy atom. The summed E-state index contributed by atoms with van der Waals surface area (Å²) in [4.78, 5) is 0. The zero-order valence-corrected chi connectivity index (χ0v) is 7.14. The van der Waals surface area contributed by atoms with Crippen LogP contribution in [0.1, 0.15) is 32.6 Å². The van der Waals surface area contributed by atoms with E-state index in [1.54, 1.807) is 0 Å². The zero-order valence-electron chi connectivity index (χ0n) is 7.14. The monoisotopic (exact) mass is 152 g/mol. The van der Waals surface area contributed by atoms with Gasteiger partial charge in [-0.05, 0) is 44.4 Å². The fourth-order valence-electron chi connectivity index (χ4n) is 2.31. The van der Waals surface area contributed by atoms with Crippen molar-refractivity contribution in [1.82, 2.24) is 0 Å². The average molecular weight is 152 g/mol. The highest BCUT2D eigenvalue weighted by atomic mass is 16.3. The molecule has 0 aromatic carbocycles. The molecule has 1 N–H and O–H groups in total. The second kappa shape index (κ2) is 2.10. The van der Waals surface area contributed by atoms with Gasteiger partial charge in [-0.3, -0.25) is 0 Å². The van der Waals surface area contributed by atoms with Crippen molar-refractivity contribution >= 4 is 0 Å². The Bertz CT molecular complexity index is 197. The maximum atomic E-state index is 9.72. The topological polar surface area (TPSA) is 20.2 Å². The molecule has 2 aliphatic carbocycles. The van der Waals surface area contributed by atoms with Gasteiger partial charge in [-0.1, -0.05) is 12.2 Å². The van der Waals surface area contributed by atoms with Crippen LogP contribution in [0.15, 0.2) is 12.2 Å². The minimum Gasteiger partial charge on any atom is -0.390 e. The van der Waals surface area contributed by atoms with Crippen LogP contribution in [0.25, 0.3) is 0 Å². The lowest BCUT2D eigenvalue weighted by Crippen LogP contribution is -2.21. The van der Waals surface area contributed by atoms with Crippen LogP contribution in [0.5, 0.6) is 0 Å². The van der Waals surface area contributed by atoms with Gasteiger partial charge in [0, 0.05) is 0 Å². The van der Waals surface area contributed by atoms with Crippen molar-refractivity contribution in [2.24, 2.45) is 11.8 Å². The normalized spacial score (nSPS) is 48.2.